The number of Topliss-reactive ketones (excluding diaryl/α,β-unsaturated/α-hetero) is 1. The predicted molar refractivity (Wildman–Crippen MR) is 182 cm³/mol. The zero-order valence-electron chi connectivity index (χ0n) is 27.8. The van der Waals surface area contributed by atoms with E-state index in [0.717, 1.165) is 29.4 Å². The molecule has 1 aliphatic heterocycles. The Kier molecular flexibility index (Phi) is 12.4. The van der Waals surface area contributed by atoms with Crippen LogP contribution in [-0.4, -0.2) is 103 Å². The molecule has 1 fully saturated rings. The van der Waals surface area contributed by atoms with E-state index < -0.39 is 53.5 Å². The number of nitrogens with one attached hydrogen (secondary N) is 4. The summed E-state index contributed by atoms with van der Waals surface area (Å²) in [5.74, 6) is -4.35. The molecule has 4 rings (SSSR count). The Morgan fingerprint density at radius 1 is 0.729 bits per heavy atom. The van der Waals surface area contributed by atoms with Crippen molar-refractivity contribution in [2.75, 3.05) is 39.8 Å². The molecule has 0 aromatic heterocycles. The molecule has 12 nitrogen and oxygen atoms in total. The lowest BCUT2D eigenvalue weighted by Crippen LogP contribution is -2.57. The van der Waals surface area contributed by atoms with Gasteiger partial charge in [-0.05, 0) is 42.3 Å². The molecule has 5 amide bonds. The van der Waals surface area contributed by atoms with Crippen molar-refractivity contribution in [3.05, 3.63) is 83.9 Å². The fourth-order valence-electron chi connectivity index (χ4n) is 5.46. The van der Waals surface area contributed by atoms with Crippen molar-refractivity contribution in [3.8, 4) is 0 Å². The largest absolute Gasteiger partial charge is 0.344 e. The first kappa shape index (κ1) is 35.7. The number of carbonyl (C=O) groups excluding carboxylic acids is 6. The molecular formula is C36H44N6O6. The van der Waals surface area contributed by atoms with Crippen molar-refractivity contribution >= 4 is 46.1 Å². The number of ketones is 1. The molecule has 1 aliphatic rings. The number of carbonyl (C=O) groups is 6. The van der Waals surface area contributed by atoms with E-state index in [4.69, 9.17) is 0 Å². The maximum absolute atomic E-state index is 13.6. The Morgan fingerprint density at radius 2 is 1.38 bits per heavy atom. The molecule has 12 heteroatoms. The van der Waals surface area contributed by atoms with Crippen LogP contribution >= 0.6 is 0 Å². The summed E-state index contributed by atoms with van der Waals surface area (Å²) in [4.78, 5) is 82.3. The molecule has 0 spiro atoms. The summed E-state index contributed by atoms with van der Waals surface area (Å²) in [7, 11) is 1.96. The van der Waals surface area contributed by atoms with Gasteiger partial charge in [0.1, 0.15) is 12.1 Å². The summed E-state index contributed by atoms with van der Waals surface area (Å²) in [5, 5.41) is 12.1. The van der Waals surface area contributed by atoms with E-state index >= 15 is 0 Å². The van der Waals surface area contributed by atoms with E-state index in [1.54, 1.807) is 30.9 Å². The zero-order valence-corrected chi connectivity index (χ0v) is 27.8. The van der Waals surface area contributed by atoms with Gasteiger partial charge in [-0.15, -0.1) is 0 Å². The minimum absolute atomic E-state index is 0.164. The molecule has 4 N–H and O–H groups in total. The summed E-state index contributed by atoms with van der Waals surface area (Å²) in [5.41, 5.74) is 1.21. The minimum atomic E-state index is -1.19. The predicted octanol–water partition coefficient (Wildman–Crippen LogP) is 1.29. The number of hydrogen-bond donors (Lipinski definition) is 4. The third-order valence-electron chi connectivity index (χ3n) is 8.42. The number of benzene rings is 3. The van der Waals surface area contributed by atoms with Crippen LogP contribution in [0.25, 0.3) is 10.8 Å². The molecule has 0 saturated carbocycles. The highest BCUT2D eigenvalue weighted by atomic mass is 16.2. The molecule has 254 valence electrons. The van der Waals surface area contributed by atoms with Gasteiger partial charge in [0.15, 0.2) is 0 Å². The van der Waals surface area contributed by atoms with Crippen LogP contribution in [-0.2, 0) is 30.4 Å². The summed E-state index contributed by atoms with van der Waals surface area (Å²) < 4.78 is 0. The molecule has 3 aromatic rings. The van der Waals surface area contributed by atoms with Gasteiger partial charge in [0.05, 0.1) is 12.6 Å². The summed E-state index contributed by atoms with van der Waals surface area (Å²) >= 11 is 0. The van der Waals surface area contributed by atoms with E-state index in [1.165, 1.54) is 6.92 Å². The van der Waals surface area contributed by atoms with Crippen LogP contribution in [0.5, 0.6) is 0 Å². The Hall–Kier alpha value is -5.10. The SMILES string of the molecule is CC(NC(=O)C(Cc1ccccc1)NC(=O)c1cccc2ccccc12)C(=O)NC(C(=O)C(=O)NCC(=O)N1CCN(C)CC1)C(C)C. The van der Waals surface area contributed by atoms with Gasteiger partial charge in [0, 0.05) is 38.2 Å². The fraction of sp³-hybridized carbons (Fsp3) is 0.389. The molecule has 1 saturated heterocycles. The van der Waals surface area contributed by atoms with E-state index in [-0.39, 0.29) is 18.9 Å². The maximum atomic E-state index is 13.6. The van der Waals surface area contributed by atoms with Crippen LogP contribution in [0.3, 0.4) is 0 Å². The lowest BCUT2D eigenvalue weighted by molar-refractivity contribution is -0.142. The van der Waals surface area contributed by atoms with Crippen LogP contribution in [0.15, 0.2) is 72.8 Å². The van der Waals surface area contributed by atoms with Gasteiger partial charge in [-0.25, -0.2) is 0 Å². The smallest absolute Gasteiger partial charge is 0.290 e. The van der Waals surface area contributed by atoms with Gasteiger partial charge in [-0.1, -0.05) is 80.6 Å². The lowest BCUT2D eigenvalue weighted by atomic mass is 9.98. The molecule has 48 heavy (non-hydrogen) atoms. The van der Waals surface area contributed by atoms with Crippen molar-refractivity contribution in [1.29, 1.82) is 0 Å². The minimum Gasteiger partial charge on any atom is -0.344 e. The maximum Gasteiger partial charge on any atom is 0.290 e. The molecule has 0 radical (unpaired) electrons. The number of nitrogens with zero attached hydrogens (tertiary/aromatic N) is 2. The van der Waals surface area contributed by atoms with Crippen LogP contribution in [0.2, 0.25) is 0 Å². The number of fused-ring (bicyclic) bond motifs is 1. The molecular weight excluding hydrogens is 612 g/mol. The standard InChI is InChI=1S/C36H44N6O6/c1-23(2)31(32(44)36(48)37-22-30(43)42-19-17-41(4)18-20-42)40-33(45)24(3)38-35(47)29(21-25-11-6-5-7-12-25)39-34(46)28-16-10-14-26-13-8-9-15-27(26)28/h5-16,23-24,29,31H,17-22H2,1-4H3,(H,37,48)(H,38,47)(H,39,46)(H,40,45). The van der Waals surface area contributed by atoms with Gasteiger partial charge in [0.2, 0.25) is 23.5 Å². The van der Waals surface area contributed by atoms with E-state index in [2.05, 4.69) is 26.2 Å². The second-order valence-electron chi connectivity index (χ2n) is 12.4. The van der Waals surface area contributed by atoms with Gasteiger partial charge in [-0.3, -0.25) is 28.8 Å². The normalized spacial score (nSPS) is 15.2. The number of piperazine rings is 1. The Bertz CT molecular complexity index is 1630. The number of hydrogen-bond acceptors (Lipinski definition) is 7. The van der Waals surface area contributed by atoms with Crippen molar-refractivity contribution < 1.29 is 28.8 Å². The van der Waals surface area contributed by atoms with Crippen LogP contribution in [0, 0.1) is 5.92 Å². The zero-order chi connectivity index (χ0) is 34.8. The highest BCUT2D eigenvalue weighted by molar-refractivity contribution is 6.38. The highest BCUT2D eigenvalue weighted by Gasteiger charge is 2.33. The van der Waals surface area contributed by atoms with Crippen molar-refractivity contribution in [2.45, 2.75) is 45.3 Å². The third-order valence-corrected chi connectivity index (χ3v) is 8.42. The number of amides is 5. The number of rotatable bonds is 13. The van der Waals surface area contributed by atoms with E-state index in [9.17, 15) is 28.8 Å². The highest BCUT2D eigenvalue weighted by Crippen LogP contribution is 2.19. The lowest BCUT2D eigenvalue weighted by Gasteiger charge is -2.32. The van der Waals surface area contributed by atoms with E-state index in [0.29, 0.717) is 18.7 Å². The Balaban J connectivity index is 1.39. The summed E-state index contributed by atoms with van der Waals surface area (Å²) in [6.07, 6.45) is 0.164. The van der Waals surface area contributed by atoms with Gasteiger partial charge in [-0.2, -0.15) is 0 Å². The average Bonchev–Trinajstić information content (AvgIpc) is 3.08. The number of likely N-dealkylation sites (N-methyl/N-ethyl adjacent to an activating group) is 1. The summed E-state index contributed by atoms with van der Waals surface area (Å²) in [6.45, 7) is 6.99. The van der Waals surface area contributed by atoms with Crippen LogP contribution < -0.4 is 21.3 Å². The van der Waals surface area contributed by atoms with Crippen molar-refractivity contribution in [2.24, 2.45) is 5.92 Å². The first-order chi connectivity index (χ1) is 22.9. The third kappa shape index (κ3) is 9.47. The van der Waals surface area contributed by atoms with E-state index in [1.807, 2.05) is 67.7 Å². The molecule has 3 unspecified atom stereocenters. The fourth-order valence-corrected chi connectivity index (χ4v) is 5.46. The second kappa shape index (κ2) is 16.6. The molecule has 0 bridgehead atoms. The Morgan fingerprint density at radius 3 is 2.06 bits per heavy atom. The quantitative estimate of drug-likeness (QED) is 0.202. The van der Waals surface area contributed by atoms with Crippen LogP contribution in [0.1, 0.15) is 36.7 Å². The average molecular weight is 657 g/mol. The molecule has 3 aromatic carbocycles. The second-order valence-corrected chi connectivity index (χ2v) is 12.4. The monoisotopic (exact) mass is 656 g/mol. The summed E-state index contributed by atoms with van der Waals surface area (Å²) in [6, 6.07) is 18.6. The first-order valence-electron chi connectivity index (χ1n) is 16.2. The molecule has 1 heterocycles. The molecule has 0 aliphatic carbocycles. The Labute approximate surface area is 280 Å². The van der Waals surface area contributed by atoms with Gasteiger partial charge < -0.3 is 31.1 Å². The van der Waals surface area contributed by atoms with Crippen LogP contribution in [0.4, 0.5) is 0 Å². The van der Waals surface area contributed by atoms with Crippen molar-refractivity contribution in [3.63, 3.8) is 0 Å². The van der Waals surface area contributed by atoms with Crippen molar-refractivity contribution in [1.82, 2.24) is 31.1 Å². The topological polar surface area (TPSA) is 157 Å². The van der Waals surface area contributed by atoms with Gasteiger partial charge in [0.25, 0.3) is 11.8 Å². The van der Waals surface area contributed by atoms with Gasteiger partial charge >= 0.3 is 0 Å². The first-order valence-corrected chi connectivity index (χ1v) is 16.2. The molecule has 3 atom stereocenters.